The molecule has 0 bridgehead atoms. The third-order valence-corrected chi connectivity index (χ3v) is 5.01. The lowest BCUT2D eigenvalue weighted by Crippen LogP contribution is -2.43. The predicted molar refractivity (Wildman–Crippen MR) is 99.1 cm³/mol. The Labute approximate surface area is 151 Å². The van der Waals surface area contributed by atoms with Gasteiger partial charge in [-0.2, -0.15) is 9.49 Å². The largest absolute Gasteiger partial charge is 0.366 e. The van der Waals surface area contributed by atoms with Crippen molar-refractivity contribution in [2.24, 2.45) is 5.73 Å². The summed E-state index contributed by atoms with van der Waals surface area (Å²) >= 11 is 0. The second-order valence-corrected chi connectivity index (χ2v) is 6.75. The fraction of sp³-hybridized carbons (Fsp3) is 0.263. The first-order valence-electron chi connectivity index (χ1n) is 8.57. The zero-order chi connectivity index (χ0) is 18.3. The van der Waals surface area contributed by atoms with E-state index in [-0.39, 0.29) is 16.5 Å². The van der Waals surface area contributed by atoms with E-state index in [1.165, 1.54) is 4.68 Å². The summed E-state index contributed by atoms with van der Waals surface area (Å²) in [6, 6.07) is 12.1. The number of nitrogens with zero attached hydrogens (tertiary/aromatic N) is 2. The van der Waals surface area contributed by atoms with Crippen molar-refractivity contribution in [2.75, 3.05) is 13.1 Å². The van der Waals surface area contributed by atoms with Crippen LogP contribution in [0.4, 0.5) is 4.39 Å². The number of primary amides is 1. The van der Waals surface area contributed by atoms with Crippen molar-refractivity contribution in [3.63, 3.8) is 0 Å². The van der Waals surface area contributed by atoms with Crippen molar-refractivity contribution in [1.82, 2.24) is 15.1 Å². The van der Waals surface area contributed by atoms with E-state index in [0.29, 0.717) is 12.2 Å². The number of hydrogen-bond acceptors (Lipinski definition) is 3. The highest BCUT2D eigenvalue weighted by Gasteiger charge is 2.28. The molecule has 0 unspecified atom stereocenters. The van der Waals surface area contributed by atoms with Crippen molar-refractivity contribution in [1.29, 1.82) is 0 Å². The number of nitrogens with one attached hydrogen (secondary N) is 1. The normalized spacial score (nSPS) is 20.3. The van der Waals surface area contributed by atoms with Gasteiger partial charge in [0.05, 0.1) is 24.5 Å². The molecule has 0 spiro atoms. The fourth-order valence-electron chi connectivity index (χ4n) is 3.56. The second kappa shape index (κ2) is 6.25. The summed E-state index contributed by atoms with van der Waals surface area (Å²) in [5, 5.41) is 7.43. The number of fused-ring (bicyclic) bond motifs is 1. The molecule has 1 saturated heterocycles. The van der Waals surface area contributed by atoms with Crippen LogP contribution in [0.5, 0.6) is 0 Å². The number of halogens is 1. The lowest BCUT2D eigenvalue weighted by molar-refractivity contribution is 0.100. The van der Waals surface area contributed by atoms with Crippen LogP contribution >= 0.6 is 0 Å². The molecule has 5 nitrogen and oxygen atoms in total. The molecule has 2 radical (unpaired) electrons. The van der Waals surface area contributed by atoms with E-state index in [1.807, 2.05) is 12.1 Å². The number of aromatic nitrogens is 2. The Kier molecular flexibility index (Phi) is 4.03. The van der Waals surface area contributed by atoms with Gasteiger partial charge in [-0.05, 0) is 61.1 Å². The molecule has 7 heteroatoms. The molecule has 0 saturated carbocycles. The average molecular weight is 348 g/mol. The van der Waals surface area contributed by atoms with Crippen LogP contribution in [0.25, 0.3) is 16.6 Å². The maximum absolute atomic E-state index is 14.8. The van der Waals surface area contributed by atoms with Crippen molar-refractivity contribution >= 4 is 24.7 Å². The van der Waals surface area contributed by atoms with Crippen molar-refractivity contribution in [3.05, 3.63) is 59.5 Å². The molecule has 1 aliphatic rings. The first-order valence-corrected chi connectivity index (χ1v) is 8.57. The Morgan fingerprint density at radius 2 is 2.04 bits per heavy atom. The Morgan fingerprint density at radius 1 is 1.27 bits per heavy atom. The number of carbonyl (C=O) groups is 1. The molecule has 1 atom stereocenters. The molecule has 2 aromatic carbocycles. The van der Waals surface area contributed by atoms with Gasteiger partial charge in [-0.3, -0.25) is 4.79 Å². The van der Waals surface area contributed by atoms with E-state index in [1.54, 1.807) is 30.3 Å². The Bertz CT molecular complexity index is 977. The third kappa shape index (κ3) is 2.68. The minimum Gasteiger partial charge on any atom is -0.366 e. The van der Waals surface area contributed by atoms with Gasteiger partial charge in [-0.15, -0.1) is 0 Å². The van der Waals surface area contributed by atoms with Crippen molar-refractivity contribution in [2.45, 2.75) is 18.2 Å². The van der Waals surface area contributed by atoms with E-state index in [4.69, 9.17) is 13.6 Å². The molecule has 4 rings (SSSR count). The number of piperidine rings is 1. The smallest absolute Gasteiger partial charge is 0.250 e. The SMILES string of the molecule is [B][C@]1(c2ccc(-n3nc4c(C(N)=O)cccc4c3F)cc2)CCCNC1. The summed E-state index contributed by atoms with van der Waals surface area (Å²) in [6.45, 7) is 1.69. The van der Waals surface area contributed by atoms with Crippen molar-refractivity contribution < 1.29 is 9.18 Å². The zero-order valence-corrected chi connectivity index (χ0v) is 14.2. The highest BCUT2D eigenvalue weighted by atomic mass is 19.1. The maximum Gasteiger partial charge on any atom is 0.250 e. The molecule has 1 aromatic heterocycles. The molecular weight excluding hydrogens is 330 g/mol. The van der Waals surface area contributed by atoms with Crippen LogP contribution in [0.2, 0.25) is 0 Å². The van der Waals surface area contributed by atoms with Gasteiger partial charge in [0.1, 0.15) is 5.52 Å². The van der Waals surface area contributed by atoms with Gasteiger partial charge >= 0.3 is 0 Å². The van der Waals surface area contributed by atoms with Crippen LogP contribution < -0.4 is 11.1 Å². The molecule has 26 heavy (non-hydrogen) atoms. The molecule has 1 aliphatic heterocycles. The minimum atomic E-state index is -0.634. The number of amides is 1. The second-order valence-electron chi connectivity index (χ2n) is 6.75. The number of rotatable bonds is 3. The van der Waals surface area contributed by atoms with Gasteiger partial charge in [0.2, 0.25) is 5.95 Å². The van der Waals surface area contributed by atoms with Gasteiger partial charge in [0, 0.05) is 0 Å². The standard InChI is InChI=1S/C19H18BFN4O/c20-19(9-2-10-23-11-19)12-5-7-13(8-6-12)25-17(21)14-3-1-4-15(18(22)26)16(14)24-25/h1,3-8,23H,2,9-11H2,(H2,22,26)/t19-/m1/s1. The van der Waals surface area contributed by atoms with E-state index in [0.717, 1.165) is 24.9 Å². The van der Waals surface area contributed by atoms with Crippen LogP contribution in [0.15, 0.2) is 42.5 Å². The van der Waals surface area contributed by atoms with Gasteiger partial charge in [-0.1, -0.05) is 18.2 Å². The van der Waals surface area contributed by atoms with Crippen LogP contribution in [-0.2, 0) is 5.31 Å². The van der Waals surface area contributed by atoms with E-state index >= 15 is 0 Å². The van der Waals surface area contributed by atoms with Crippen LogP contribution in [-0.4, -0.2) is 36.6 Å². The highest BCUT2D eigenvalue weighted by Crippen LogP contribution is 2.29. The Balaban J connectivity index is 1.75. The van der Waals surface area contributed by atoms with Crippen LogP contribution in [0, 0.1) is 5.95 Å². The lowest BCUT2D eigenvalue weighted by atomic mass is 9.60. The number of hydrogen-bond donors (Lipinski definition) is 2. The third-order valence-electron chi connectivity index (χ3n) is 5.01. The van der Waals surface area contributed by atoms with E-state index < -0.39 is 17.2 Å². The molecule has 0 aliphatic carbocycles. The van der Waals surface area contributed by atoms with Crippen LogP contribution in [0.3, 0.4) is 0 Å². The predicted octanol–water partition coefficient (Wildman–Crippen LogP) is 2.01. The fourth-order valence-corrected chi connectivity index (χ4v) is 3.56. The summed E-state index contributed by atoms with van der Waals surface area (Å²) < 4.78 is 16.0. The van der Waals surface area contributed by atoms with Crippen molar-refractivity contribution in [3.8, 4) is 5.69 Å². The first kappa shape index (κ1) is 16.8. The van der Waals surface area contributed by atoms with Gasteiger partial charge in [0.25, 0.3) is 5.91 Å². The molecule has 1 fully saturated rings. The number of nitrogens with two attached hydrogens (primary N) is 1. The quantitative estimate of drug-likeness (QED) is 0.712. The summed E-state index contributed by atoms with van der Waals surface area (Å²) in [4.78, 5) is 11.6. The molecule has 2 heterocycles. The van der Waals surface area contributed by atoms with E-state index in [2.05, 4.69) is 10.4 Å². The zero-order valence-electron chi connectivity index (χ0n) is 14.2. The van der Waals surface area contributed by atoms with Gasteiger partial charge in [-0.25, -0.2) is 4.68 Å². The minimum absolute atomic E-state index is 0.200. The lowest BCUT2D eigenvalue weighted by Gasteiger charge is -2.35. The van der Waals surface area contributed by atoms with Crippen LogP contribution in [0.1, 0.15) is 28.8 Å². The van der Waals surface area contributed by atoms with Gasteiger partial charge < -0.3 is 11.1 Å². The summed E-state index contributed by atoms with van der Waals surface area (Å²) in [5.41, 5.74) is 7.39. The summed E-state index contributed by atoms with van der Waals surface area (Å²) in [7, 11) is 6.50. The number of carbonyl (C=O) groups excluding carboxylic acids is 1. The van der Waals surface area contributed by atoms with Gasteiger partial charge in [0.15, 0.2) is 0 Å². The first-order chi connectivity index (χ1) is 12.5. The molecule has 130 valence electrons. The monoisotopic (exact) mass is 348 g/mol. The van der Waals surface area contributed by atoms with E-state index in [9.17, 15) is 9.18 Å². The maximum atomic E-state index is 14.8. The summed E-state index contributed by atoms with van der Waals surface area (Å²) in [5.74, 6) is -1.16. The molecule has 3 N–H and O–H groups in total. The topological polar surface area (TPSA) is 72.9 Å². The molecule has 3 aromatic rings. The molecule has 1 amide bonds. The highest BCUT2D eigenvalue weighted by molar-refractivity contribution is 6.16. The Hall–Kier alpha value is -2.67. The molecular formula is C19H18BFN4O. The Morgan fingerprint density at radius 3 is 2.69 bits per heavy atom. The summed E-state index contributed by atoms with van der Waals surface area (Å²) in [6.07, 6.45) is 1.93. The number of benzene rings is 2. The average Bonchev–Trinajstić information content (AvgIpc) is 2.99.